The minimum Gasteiger partial charge on any atom is -0.393 e. The Balaban J connectivity index is 1.48. The first kappa shape index (κ1) is 34.7. The first-order chi connectivity index (χ1) is 20.0. The second-order valence-corrected chi connectivity index (χ2v) is 14.9. The van der Waals surface area contributed by atoms with E-state index in [0.717, 1.165) is 42.4 Å². The quantitative estimate of drug-likeness (QED) is 0.149. The van der Waals surface area contributed by atoms with Crippen molar-refractivity contribution in [2.45, 2.75) is 119 Å². The van der Waals surface area contributed by atoms with Gasteiger partial charge in [0.25, 0.3) is 0 Å². The zero-order chi connectivity index (χ0) is 32.1. The number of epoxide rings is 1. The minimum atomic E-state index is -0.295. The largest absolute Gasteiger partial charge is 0.393 e. The molecule has 3 rings (SSSR count). The molecule has 1 aliphatic heterocycles. The fraction of sp³-hybridized carbons (Fsp3) is 0.525. The number of allylic oxidation sites excluding steroid dienone is 17. The maximum absolute atomic E-state index is 12.9. The molecule has 3 nitrogen and oxygen atoms in total. The number of carbonyl (C=O) groups is 1. The van der Waals surface area contributed by atoms with Crippen molar-refractivity contribution in [1.29, 1.82) is 0 Å². The third kappa shape index (κ3) is 8.05. The van der Waals surface area contributed by atoms with Crippen LogP contribution < -0.4 is 0 Å². The number of rotatable bonds is 11. The zero-order valence-electron chi connectivity index (χ0n) is 28.5. The summed E-state index contributed by atoms with van der Waals surface area (Å²) in [6, 6.07) is 0. The third-order valence-corrected chi connectivity index (χ3v) is 10.4. The molecule has 0 bridgehead atoms. The zero-order valence-corrected chi connectivity index (χ0v) is 28.5. The molecule has 3 heteroatoms. The SMILES string of the molecule is CC(C=CC(=O)[C@]1(C)CCCC1(C)C)=CC=CC(C)=C/C=C/C=C(C)/C=C/C=C(C)/C=C/[C@@]12O[C@]1(C)C[C@@H](O)CC2(C)C. The van der Waals surface area contributed by atoms with E-state index in [4.69, 9.17) is 4.74 Å². The predicted octanol–water partition coefficient (Wildman–Crippen LogP) is 10.0. The molecule has 0 aromatic carbocycles. The van der Waals surface area contributed by atoms with Gasteiger partial charge in [-0.15, -0.1) is 0 Å². The molecular weight excluding hydrogens is 528 g/mol. The van der Waals surface area contributed by atoms with E-state index in [1.165, 1.54) is 5.57 Å². The number of fused-ring (bicyclic) bond motifs is 1. The summed E-state index contributed by atoms with van der Waals surface area (Å²) < 4.78 is 6.24. The highest BCUT2D eigenvalue weighted by Gasteiger charge is 2.74. The Bertz CT molecular complexity index is 1320. The smallest absolute Gasteiger partial charge is 0.162 e. The molecule has 2 saturated carbocycles. The Morgan fingerprint density at radius 2 is 1.16 bits per heavy atom. The van der Waals surface area contributed by atoms with E-state index in [2.05, 4.69) is 123 Å². The minimum absolute atomic E-state index is 0.0625. The Hall–Kier alpha value is -2.75. The second kappa shape index (κ2) is 13.5. The summed E-state index contributed by atoms with van der Waals surface area (Å²) in [5.74, 6) is 0.246. The highest BCUT2D eigenvalue weighted by atomic mass is 16.6. The molecule has 4 atom stereocenters. The lowest BCUT2D eigenvalue weighted by molar-refractivity contribution is -0.127. The van der Waals surface area contributed by atoms with Crippen LogP contribution in [0, 0.1) is 16.2 Å². The fourth-order valence-corrected chi connectivity index (χ4v) is 7.01. The van der Waals surface area contributed by atoms with Gasteiger partial charge >= 0.3 is 0 Å². The van der Waals surface area contributed by atoms with Crippen molar-refractivity contribution in [3.05, 3.63) is 107 Å². The van der Waals surface area contributed by atoms with Crippen molar-refractivity contribution in [3.63, 3.8) is 0 Å². The molecular formula is C40H56O3. The molecule has 0 aromatic heterocycles. The molecule has 234 valence electrons. The van der Waals surface area contributed by atoms with Gasteiger partial charge in [0.2, 0.25) is 0 Å². The van der Waals surface area contributed by atoms with Gasteiger partial charge in [0.15, 0.2) is 5.78 Å². The lowest BCUT2D eigenvalue weighted by Gasteiger charge is -2.39. The van der Waals surface area contributed by atoms with Crippen LogP contribution in [0.1, 0.15) is 101 Å². The first-order valence-electron chi connectivity index (χ1n) is 16.0. The van der Waals surface area contributed by atoms with Gasteiger partial charge in [0.1, 0.15) is 11.2 Å². The van der Waals surface area contributed by atoms with Crippen LogP contribution in [0.3, 0.4) is 0 Å². The molecule has 0 spiro atoms. The maximum atomic E-state index is 12.9. The van der Waals surface area contributed by atoms with E-state index >= 15 is 0 Å². The predicted molar refractivity (Wildman–Crippen MR) is 183 cm³/mol. The monoisotopic (exact) mass is 584 g/mol. The van der Waals surface area contributed by atoms with E-state index in [9.17, 15) is 9.90 Å². The summed E-state index contributed by atoms with van der Waals surface area (Å²) >= 11 is 0. The topological polar surface area (TPSA) is 49.8 Å². The molecule has 3 fully saturated rings. The van der Waals surface area contributed by atoms with Crippen LogP contribution in [0.2, 0.25) is 0 Å². The van der Waals surface area contributed by atoms with Crippen LogP contribution in [0.4, 0.5) is 0 Å². The lowest BCUT2D eigenvalue weighted by atomic mass is 9.63. The van der Waals surface area contributed by atoms with Crippen molar-refractivity contribution in [3.8, 4) is 0 Å². The van der Waals surface area contributed by atoms with Gasteiger partial charge in [-0.25, -0.2) is 0 Å². The second-order valence-electron chi connectivity index (χ2n) is 14.9. The van der Waals surface area contributed by atoms with E-state index < -0.39 is 0 Å². The summed E-state index contributed by atoms with van der Waals surface area (Å²) in [5, 5.41) is 10.2. The Morgan fingerprint density at radius 1 is 0.651 bits per heavy atom. The van der Waals surface area contributed by atoms with Crippen molar-refractivity contribution in [1.82, 2.24) is 0 Å². The van der Waals surface area contributed by atoms with Crippen molar-refractivity contribution in [2.24, 2.45) is 16.2 Å². The summed E-state index contributed by atoms with van der Waals surface area (Å²) in [5.41, 5.74) is 3.69. The molecule has 1 saturated heterocycles. The van der Waals surface area contributed by atoms with Gasteiger partial charge in [0, 0.05) is 17.3 Å². The van der Waals surface area contributed by atoms with Gasteiger partial charge in [-0.3, -0.25) is 4.79 Å². The van der Waals surface area contributed by atoms with Crippen LogP contribution in [0.25, 0.3) is 0 Å². The molecule has 1 N–H and O–H groups in total. The molecule has 1 heterocycles. The van der Waals surface area contributed by atoms with Gasteiger partial charge in [-0.1, -0.05) is 136 Å². The van der Waals surface area contributed by atoms with Crippen LogP contribution >= 0.6 is 0 Å². The number of aliphatic hydroxyl groups excluding tert-OH is 1. The van der Waals surface area contributed by atoms with Crippen LogP contribution in [-0.2, 0) is 9.53 Å². The summed E-state index contributed by atoms with van der Waals surface area (Å²) in [6.07, 6.45) is 33.2. The van der Waals surface area contributed by atoms with Crippen molar-refractivity contribution in [2.75, 3.05) is 0 Å². The average molecular weight is 585 g/mol. The number of carbonyl (C=O) groups excluding carboxylic acids is 1. The standard InChI is InChI=1S/C40H56O3/c1-30(18-13-20-32(3)22-23-35(42)38(9)26-15-25-36(38,5)6)16-11-12-17-31(2)19-14-21-33(4)24-27-40-37(7,8)28-34(41)29-39(40,10)43-40/h11-14,16-24,27,34,41H,15,25-26,28-29H2,1-10H3/b12-11+,18-13?,19-14+,23-22?,27-24+,30-16?,31-17+,32-20?,33-21+/t34-,38-,39+,40-/m0/s1. The molecule has 0 amide bonds. The summed E-state index contributed by atoms with van der Waals surface area (Å²) in [6.45, 7) is 21.4. The highest BCUT2D eigenvalue weighted by molar-refractivity contribution is 5.95. The molecule has 0 unspecified atom stereocenters. The third-order valence-electron chi connectivity index (χ3n) is 10.4. The molecule has 2 aliphatic carbocycles. The van der Waals surface area contributed by atoms with Gasteiger partial charge in [-0.05, 0) is 71.4 Å². The maximum Gasteiger partial charge on any atom is 0.162 e. The summed E-state index contributed by atoms with van der Waals surface area (Å²) in [4.78, 5) is 12.9. The van der Waals surface area contributed by atoms with Gasteiger partial charge < -0.3 is 9.84 Å². The van der Waals surface area contributed by atoms with Gasteiger partial charge in [0.05, 0.1) is 6.10 Å². The van der Waals surface area contributed by atoms with Crippen molar-refractivity contribution >= 4 is 5.78 Å². The van der Waals surface area contributed by atoms with E-state index in [1.807, 2.05) is 25.2 Å². The molecule has 0 aromatic rings. The number of ether oxygens (including phenoxy) is 1. The average Bonchev–Trinajstić information content (AvgIpc) is 3.43. The first-order valence-corrected chi connectivity index (χ1v) is 16.0. The molecule has 3 aliphatic rings. The lowest BCUT2D eigenvalue weighted by Crippen LogP contribution is -2.46. The normalized spacial score (nSPS) is 33.5. The van der Waals surface area contributed by atoms with Crippen LogP contribution in [0.5, 0.6) is 0 Å². The van der Waals surface area contributed by atoms with Crippen molar-refractivity contribution < 1.29 is 14.6 Å². The van der Waals surface area contributed by atoms with Crippen LogP contribution in [0.15, 0.2) is 107 Å². The number of hydrogen-bond acceptors (Lipinski definition) is 3. The molecule has 0 radical (unpaired) electrons. The highest BCUT2D eigenvalue weighted by Crippen LogP contribution is 2.66. The Morgan fingerprint density at radius 3 is 1.67 bits per heavy atom. The Labute approximate surface area is 262 Å². The fourth-order valence-electron chi connectivity index (χ4n) is 7.01. The summed E-state index contributed by atoms with van der Waals surface area (Å²) in [7, 11) is 0. The Kier molecular flexibility index (Phi) is 10.9. The van der Waals surface area contributed by atoms with Gasteiger partial charge in [-0.2, -0.15) is 0 Å². The number of hydrogen-bond donors (Lipinski definition) is 1. The molecule has 43 heavy (non-hydrogen) atoms. The van der Waals surface area contributed by atoms with E-state index in [-0.39, 0.29) is 39.3 Å². The number of aliphatic hydroxyl groups is 1. The van der Waals surface area contributed by atoms with E-state index in [0.29, 0.717) is 6.42 Å². The number of ketones is 1. The van der Waals surface area contributed by atoms with Crippen LogP contribution in [-0.4, -0.2) is 28.2 Å². The van der Waals surface area contributed by atoms with E-state index in [1.54, 1.807) is 6.08 Å².